The summed E-state index contributed by atoms with van der Waals surface area (Å²) in [6.45, 7) is 17.2. The summed E-state index contributed by atoms with van der Waals surface area (Å²) < 4.78 is 6.61. The summed E-state index contributed by atoms with van der Waals surface area (Å²) in [6, 6.07) is -0.838. The predicted molar refractivity (Wildman–Crippen MR) is 142 cm³/mol. The smallest absolute Gasteiger partial charge is 0.249 e. The van der Waals surface area contributed by atoms with Crippen molar-refractivity contribution in [3.8, 4) is 0 Å². The van der Waals surface area contributed by atoms with Gasteiger partial charge in [-0.05, 0) is 46.5 Å². The van der Waals surface area contributed by atoms with Crippen molar-refractivity contribution >= 4 is 33.7 Å². The first kappa shape index (κ1) is 28.9. The van der Waals surface area contributed by atoms with Crippen LogP contribution in [-0.4, -0.2) is 98.4 Å². The number of hydrogen-bond acceptors (Lipinski definition) is 5. The topological polar surface area (TPSA) is 90.4 Å². The highest BCUT2D eigenvalue weighted by molar-refractivity contribution is 9.09. The number of fused-ring (bicyclic) bond motifs is 1. The number of nitrogens with zero attached hydrogens (tertiary/aromatic N) is 3. The van der Waals surface area contributed by atoms with Gasteiger partial charge in [0.15, 0.2) is 0 Å². The van der Waals surface area contributed by atoms with Gasteiger partial charge in [-0.3, -0.25) is 14.4 Å². The number of aliphatic hydroxyl groups excluding tert-OH is 1. The van der Waals surface area contributed by atoms with E-state index in [1.165, 1.54) is 0 Å². The zero-order chi connectivity index (χ0) is 26.8. The minimum absolute atomic E-state index is 0.0104. The van der Waals surface area contributed by atoms with Gasteiger partial charge >= 0.3 is 0 Å². The quantitative estimate of drug-likeness (QED) is 0.222. The van der Waals surface area contributed by atoms with Crippen LogP contribution in [0.25, 0.3) is 0 Å². The Kier molecular flexibility index (Phi) is 9.10. The normalized spacial score (nSPS) is 30.9. The van der Waals surface area contributed by atoms with Crippen LogP contribution < -0.4 is 0 Å². The van der Waals surface area contributed by atoms with Crippen LogP contribution >= 0.6 is 15.9 Å². The molecule has 8 nitrogen and oxygen atoms in total. The second-order valence-electron chi connectivity index (χ2n) is 11.1. The zero-order valence-corrected chi connectivity index (χ0v) is 23.7. The third kappa shape index (κ3) is 4.90. The third-order valence-electron chi connectivity index (χ3n) is 7.66. The van der Waals surface area contributed by atoms with Crippen molar-refractivity contribution in [2.75, 3.05) is 32.8 Å². The first-order valence-corrected chi connectivity index (χ1v) is 14.0. The maximum absolute atomic E-state index is 14.2. The van der Waals surface area contributed by atoms with Crippen LogP contribution in [0.5, 0.6) is 0 Å². The van der Waals surface area contributed by atoms with E-state index in [-0.39, 0.29) is 29.2 Å². The van der Waals surface area contributed by atoms with E-state index in [0.29, 0.717) is 45.4 Å². The summed E-state index contributed by atoms with van der Waals surface area (Å²) >= 11 is 3.73. The number of likely N-dealkylation sites (tertiary alicyclic amines) is 1. The molecule has 3 fully saturated rings. The summed E-state index contributed by atoms with van der Waals surface area (Å²) in [4.78, 5) is 47.1. The summed E-state index contributed by atoms with van der Waals surface area (Å²) in [7, 11) is 0. The first-order chi connectivity index (χ1) is 17.0. The van der Waals surface area contributed by atoms with E-state index in [9.17, 15) is 19.5 Å². The molecule has 3 aliphatic rings. The number of carbonyl (C=O) groups is 3. The fourth-order valence-electron chi connectivity index (χ4n) is 6.22. The molecule has 0 aliphatic carbocycles. The van der Waals surface area contributed by atoms with E-state index >= 15 is 0 Å². The van der Waals surface area contributed by atoms with Gasteiger partial charge in [-0.2, -0.15) is 0 Å². The molecular weight excluding hydrogens is 526 g/mol. The van der Waals surface area contributed by atoms with Crippen molar-refractivity contribution in [3.05, 3.63) is 25.3 Å². The first-order valence-electron chi connectivity index (χ1n) is 13.0. The van der Waals surface area contributed by atoms with Gasteiger partial charge in [0.2, 0.25) is 17.7 Å². The number of unbranched alkanes of at least 4 members (excludes halogenated alkanes) is 1. The van der Waals surface area contributed by atoms with E-state index in [4.69, 9.17) is 4.74 Å². The lowest BCUT2D eigenvalue weighted by atomic mass is 9.70. The lowest BCUT2D eigenvalue weighted by Gasteiger charge is -2.42. The summed E-state index contributed by atoms with van der Waals surface area (Å²) in [5.74, 6) is -1.89. The molecule has 36 heavy (non-hydrogen) atoms. The molecule has 202 valence electrons. The minimum Gasteiger partial charge on any atom is -0.396 e. The molecule has 3 heterocycles. The van der Waals surface area contributed by atoms with Gasteiger partial charge in [-0.15, -0.1) is 13.2 Å². The molecule has 0 aromatic rings. The molecule has 0 aromatic carbocycles. The van der Waals surface area contributed by atoms with Crippen molar-refractivity contribution in [1.82, 2.24) is 14.7 Å². The van der Waals surface area contributed by atoms with Crippen LogP contribution in [0.1, 0.15) is 53.4 Å². The minimum atomic E-state index is -1.08. The Bertz CT molecular complexity index is 874. The van der Waals surface area contributed by atoms with E-state index in [1.54, 1.807) is 26.9 Å². The maximum atomic E-state index is 14.2. The second-order valence-corrected chi connectivity index (χ2v) is 12.3. The lowest BCUT2D eigenvalue weighted by Crippen LogP contribution is -2.60. The molecule has 1 spiro atoms. The van der Waals surface area contributed by atoms with Gasteiger partial charge in [0.1, 0.15) is 11.6 Å². The Balaban J connectivity index is 2.08. The Morgan fingerprint density at radius 1 is 1.22 bits per heavy atom. The summed E-state index contributed by atoms with van der Waals surface area (Å²) in [5.41, 5.74) is -1.58. The van der Waals surface area contributed by atoms with Crippen LogP contribution in [0.15, 0.2) is 25.3 Å². The fourth-order valence-corrected chi connectivity index (χ4v) is 7.17. The number of ether oxygens (including phenoxy) is 1. The Hall–Kier alpha value is -1.71. The van der Waals surface area contributed by atoms with Crippen LogP contribution in [0.4, 0.5) is 0 Å². The number of rotatable bonds is 12. The van der Waals surface area contributed by atoms with Gasteiger partial charge < -0.3 is 24.5 Å². The molecule has 0 saturated carbocycles. The molecule has 3 saturated heterocycles. The van der Waals surface area contributed by atoms with Gasteiger partial charge in [-0.25, -0.2) is 0 Å². The fraction of sp³-hybridized carbons (Fsp3) is 0.741. The molecule has 0 radical (unpaired) electrons. The standard InChI is InChI=1S/C27H42BrN3O5/c1-7-12-29(13-8-2)23(33)19-20-24(34)30(15-10-11-16-32)22(27(20)17-18(28)21(19)36-27)25(35)31(14-9-3)26(4,5)6/h7,9,18-22,32H,1,3,8,10-17H2,2,4-6H3/t18?,19-,20+,21-,22?,27?/m1/s1. The molecule has 2 bridgehead atoms. The SMILES string of the molecule is C=CCN(CCC)C(=O)[C@H]1[C@@H]2OC3(CC2Br)C(C(=O)N(CC=C)C(C)(C)C)N(CCCCO)C(=O)[C@H]13. The van der Waals surface area contributed by atoms with E-state index in [0.717, 1.165) is 6.42 Å². The van der Waals surface area contributed by atoms with Crippen LogP contribution in [0.3, 0.4) is 0 Å². The van der Waals surface area contributed by atoms with E-state index in [1.807, 2.05) is 27.7 Å². The molecular formula is C27H42BrN3O5. The highest BCUT2D eigenvalue weighted by atomic mass is 79.9. The average molecular weight is 569 g/mol. The lowest BCUT2D eigenvalue weighted by molar-refractivity contribution is -0.151. The van der Waals surface area contributed by atoms with Crippen molar-refractivity contribution in [1.29, 1.82) is 0 Å². The van der Waals surface area contributed by atoms with Crippen molar-refractivity contribution in [2.24, 2.45) is 11.8 Å². The number of amides is 3. The van der Waals surface area contributed by atoms with Gasteiger partial charge in [0.05, 0.1) is 17.9 Å². The van der Waals surface area contributed by atoms with Crippen molar-refractivity contribution < 1.29 is 24.2 Å². The maximum Gasteiger partial charge on any atom is 0.249 e. The zero-order valence-electron chi connectivity index (χ0n) is 22.1. The van der Waals surface area contributed by atoms with Crippen LogP contribution in [0.2, 0.25) is 0 Å². The molecule has 3 amide bonds. The monoisotopic (exact) mass is 567 g/mol. The Labute approximate surface area is 223 Å². The summed E-state index contributed by atoms with van der Waals surface area (Å²) in [6.07, 6.45) is 5.26. The molecule has 0 aromatic heterocycles. The second kappa shape index (κ2) is 11.4. The molecule has 6 atom stereocenters. The van der Waals surface area contributed by atoms with E-state index in [2.05, 4.69) is 29.1 Å². The Morgan fingerprint density at radius 3 is 2.44 bits per heavy atom. The number of alkyl halides is 1. The van der Waals surface area contributed by atoms with Crippen molar-refractivity contribution in [3.63, 3.8) is 0 Å². The number of aliphatic hydroxyl groups is 1. The molecule has 9 heteroatoms. The molecule has 1 N–H and O–H groups in total. The van der Waals surface area contributed by atoms with Gasteiger partial charge in [0, 0.05) is 43.2 Å². The molecule has 3 rings (SSSR count). The van der Waals surface area contributed by atoms with Crippen LogP contribution in [0, 0.1) is 11.8 Å². The predicted octanol–water partition coefficient (Wildman–Crippen LogP) is 2.74. The number of hydrogen-bond donors (Lipinski definition) is 1. The highest BCUT2D eigenvalue weighted by Crippen LogP contribution is 2.60. The van der Waals surface area contributed by atoms with Crippen molar-refractivity contribution in [2.45, 2.75) is 81.5 Å². The van der Waals surface area contributed by atoms with E-state index < -0.39 is 35.1 Å². The largest absolute Gasteiger partial charge is 0.396 e. The summed E-state index contributed by atoms with van der Waals surface area (Å²) in [5, 5.41) is 9.34. The molecule has 3 unspecified atom stereocenters. The Morgan fingerprint density at radius 2 is 1.89 bits per heavy atom. The number of carbonyl (C=O) groups excluding carboxylic acids is 3. The number of halogens is 1. The molecule has 3 aliphatic heterocycles. The van der Waals surface area contributed by atoms with Gasteiger partial charge in [0.25, 0.3) is 0 Å². The van der Waals surface area contributed by atoms with Crippen LogP contribution in [-0.2, 0) is 19.1 Å². The highest BCUT2D eigenvalue weighted by Gasteiger charge is 2.77. The third-order valence-corrected chi connectivity index (χ3v) is 8.50. The van der Waals surface area contributed by atoms with Gasteiger partial charge in [-0.1, -0.05) is 35.0 Å². The average Bonchev–Trinajstić information content (AvgIpc) is 3.39.